The van der Waals surface area contributed by atoms with Crippen molar-refractivity contribution in [1.29, 1.82) is 0 Å². The Morgan fingerprint density at radius 2 is 1.82 bits per heavy atom. The number of benzene rings is 2. The molecule has 1 aliphatic rings. The van der Waals surface area contributed by atoms with Crippen molar-refractivity contribution in [3.05, 3.63) is 76.7 Å². The van der Waals surface area contributed by atoms with Gasteiger partial charge in [-0.15, -0.1) is 0 Å². The first-order chi connectivity index (χ1) is 17.9. The minimum Gasteiger partial charge on any atom is -0.397 e. The van der Waals surface area contributed by atoms with Gasteiger partial charge < -0.3 is 16.0 Å². The van der Waals surface area contributed by atoms with Crippen LogP contribution in [0.4, 0.5) is 30.2 Å². The number of piperidine rings is 1. The second kappa shape index (κ2) is 10.8. The molecule has 0 radical (unpaired) electrons. The molecule has 8 nitrogen and oxygen atoms in total. The summed E-state index contributed by atoms with van der Waals surface area (Å²) in [6.45, 7) is 5.06. The average molecular weight is 528 g/mol. The molecule has 0 aliphatic carbocycles. The number of halogens is 3. The van der Waals surface area contributed by atoms with E-state index in [2.05, 4.69) is 10.4 Å². The van der Waals surface area contributed by atoms with Gasteiger partial charge in [0.2, 0.25) is 0 Å². The second-order valence-corrected chi connectivity index (χ2v) is 9.53. The van der Waals surface area contributed by atoms with Gasteiger partial charge in [-0.05, 0) is 69.0 Å². The van der Waals surface area contributed by atoms with Crippen molar-refractivity contribution >= 4 is 28.7 Å². The number of hydrogen-bond donors (Lipinski definition) is 3. The molecule has 0 spiro atoms. The minimum absolute atomic E-state index is 0.0771. The molecule has 3 aromatic rings. The molecule has 1 amide bonds. The van der Waals surface area contributed by atoms with Gasteiger partial charge in [0.25, 0.3) is 5.91 Å². The molecule has 11 heteroatoms. The maximum absolute atomic E-state index is 13.6. The number of alkyl halides is 3. The van der Waals surface area contributed by atoms with Crippen LogP contribution in [-0.2, 0) is 13.2 Å². The van der Waals surface area contributed by atoms with E-state index in [1.165, 1.54) is 11.2 Å². The molecule has 1 saturated heterocycles. The lowest BCUT2D eigenvalue weighted by atomic mass is 10.1. The highest BCUT2D eigenvalue weighted by atomic mass is 19.4. The average Bonchev–Trinajstić information content (AvgIpc) is 3.22. The summed E-state index contributed by atoms with van der Waals surface area (Å²) in [6.07, 6.45) is 1.51. The van der Waals surface area contributed by atoms with Crippen LogP contribution in [0.3, 0.4) is 0 Å². The zero-order valence-electron chi connectivity index (χ0n) is 21.6. The fourth-order valence-electron chi connectivity index (χ4n) is 4.48. The Morgan fingerprint density at radius 1 is 1.11 bits per heavy atom. The molecule has 38 heavy (non-hydrogen) atoms. The second-order valence-electron chi connectivity index (χ2n) is 9.53. The number of nitrogens with zero attached hydrogens (tertiary/aromatic N) is 4. The molecule has 0 unspecified atom stereocenters. The van der Waals surface area contributed by atoms with Crippen molar-refractivity contribution in [1.82, 2.24) is 9.78 Å². The number of aromatic nitrogens is 2. The zero-order valence-corrected chi connectivity index (χ0v) is 21.6. The van der Waals surface area contributed by atoms with Crippen molar-refractivity contribution < 1.29 is 18.0 Å². The Bertz CT molecular complexity index is 1360. The Hall–Kier alpha value is -3.99. The summed E-state index contributed by atoms with van der Waals surface area (Å²) < 4.78 is 42.6. The largest absolute Gasteiger partial charge is 0.416 e. The number of hydrogen-bond acceptors (Lipinski definition) is 6. The fourth-order valence-corrected chi connectivity index (χ4v) is 4.48. The summed E-state index contributed by atoms with van der Waals surface area (Å²) in [5.74, 6) is 5.72. The number of aryl methyl sites for hydroxylation is 2. The number of amides is 1. The van der Waals surface area contributed by atoms with Crippen LogP contribution in [0.15, 0.2) is 48.8 Å². The third kappa shape index (κ3) is 5.94. The standard InChI is InChI=1S/C27H32F3N7O/c1-17-7-8-19(11-25(17)37(32)16-24(31)23-15-33-35(3)18(23)2)26(38)34-21-12-20(27(28,29)30)13-22(14-21)36-9-5-4-6-10-36/h7-8,11-16H,4-6,9-10,31-32H2,1-3H3,(H,34,38)/b24-16-. The van der Waals surface area contributed by atoms with E-state index in [0.717, 1.165) is 48.2 Å². The van der Waals surface area contributed by atoms with Crippen LogP contribution in [0.1, 0.15) is 52.0 Å². The van der Waals surface area contributed by atoms with E-state index in [9.17, 15) is 18.0 Å². The highest BCUT2D eigenvalue weighted by molar-refractivity contribution is 6.05. The van der Waals surface area contributed by atoms with Crippen LogP contribution in [-0.4, -0.2) is 28.8 Å². The first-order valence-corrected chi connectivity index (χ1v) is 12.3. The molecule has 202 valence electrons. The van der Waals surface area contributed by atoms with E-state index in [0.29, 0.717) is 30.2 Å². The summed E-state index contributed by atoms with van der Waals surface area (Å²) in [5, 5.41) is 8.13. The normalized spacial score (nSPS) is 14.5. The topological polar surface area (TPSA) is 105 Å². The van der Waals surface area contributed by atoms with Crippen LogP contribution < -0.4 is 26.8 Å². The predicted molar refractivity (Wildman–Crippen MR) is 143 cm³/mol. The van der Waals surface area contributed by atoms with Crippen molar-refractivity contribution in [3.63, 3.8) is 0 Å². The van der Waals surface area contributed by atoms with Gasteiger partial charge >= 0.3 is 6.18 Å². The number of nitrogens with one attached hydrogen (secondary N) is 1. The van der Waals surface area contributed by atoms with E-state index in [4.69, 9.17) is 11.6 Å². The molecule has 5 N–H and O–H groups in total. The highest BCUT2D eigenvalue weighted by Gasteiger charge is 2.32. The Morgan fingerprint density at radius 3 is 2.45 bits per heavy atom. The van der Waals surface area contributed by atoms with E-state index >= 15 is 0 Å². The van der Waals surface area contributed by atoms with Crippen LogP contribution in [0.25, 0.3) is 5.70 Å². The number of carbonyl (C=O) groups is 1. The SMILES string of the molecule is Cc1ccc(C(=O)Nc2cc(N3CCCCC3)cc(C(F)(F)F)c2)cc1N(N)/C=C(\N)c1cnn(C)c1C. The van der Waals surface area contributed by atoms with E-state index in [1.807, 2.05) is 18.7 Å². The lowest BCUT2D eigenvalue weighted by molar-refractivity contribution is -0.137. The van der Waals surface area contributed by atoms with Crippen molar-refractivity contribution in [2.45, 2.75) is 39.3 Å². The van der Waals surface area contributed by atoms with Gasteiger partial charge in [0, 0.05) is 54.5 Å². The van der Waals surface area contributed by atoms with Gasteiger partial charge in [-0.2, -0.15) is 18.3 Å². The highest BCUT2D eigenvalue weighted by Crippen LogP contribution is 2.35. The molecule has 2 aromatic carbocycles. The molecule has 1 fully saturated rings. The van der Waals surface area contributed by atoms with E-state index < -0.39 is 17.6 Å². The van der Waals surface area contributed by atoms with Crippen LogP contribution in [0.2, 0.25) is 0 Å². The van der Waals surface area contributed by atoms with Crippen LogP contribution >= 0.6 is 0 Å². The van der Waals surface area contributed by atoms with Crippen molar-refractivity contribution in [2.24, 2.45) is 18.6 Å². The maximum atomic E-state index is 13.6. The molecule has 2 heterocycles. The smallest absolute Gasteiger partial charge is 0.397 e. The maximum Gasteiger partial charge on any atom is 0.416 e. The third-order valence-corrected chi connectivity index (χ3v) is 6.80. The summed E-state index contributed by atoms with van der Waals surface area (Å²) in [7, 11) is 1.80. The summed E-state index contributed by atoms with van der Waals surface area (Å²) in [4.78, 5) is 15.0. The first-order valence-electron chi connectivity index (χ1n) is 12.3. The first kappa shape index (κ1) is 27.1. The van der Waals surface area contributed by atoms with Crippen molar-refractivity contribution in [3.8, 4) is 0 Å². The van der Waals surface area contributed by atoms with Gasteiger partial charge in [-0.1, -0.05) is 6.07 Å². The minimum atomic E-state index is -4.54. The molecule has 0 saturated carbocycles. The van der Waals surface area contributed by atoms with Gasteiger partial charge in [0.05, 0.1) is 23.1 Å². The van der Waals surface area contributed by atoms with Crippen LogP contribution in [0, 0.1) is 13.8 Å². The molecule has 0 bridgehead atoms. The Kier molecular flexibility index (Phi) is 7.68. The summed E-state index contributed by atoms with van der Waals surface area (Å²) >= 11 is 0. The van der Waals surface area contributed by atoms with Gasteiger partial charge in [0.1, 0.15) is 0 Å². The monoisotopic (exact) mass is 527 g/mol. The number of carbonyl (C=O) groups excluding carboxylic acids is 1. The molecular weight excluding hydrogens is 495 g/mol. The molecular formula is C27H32F3N7O. The van der Waals surface area contributed by atoms with E-state index in [1.54, 1.807) is 42.2 Å². The van der Waals surface area contributed by atoms with Gasteiger partial charge in [-0.25, -0.2) is 5.84 Å². The summed E-state index contributed by atoms with van der Waals surface area (Å²) in [5.41, 5.74) is 9.46. The number of rotatable bonds is 6. The fraction of sp³-hybridized carbons (Fsp3) is 0.333. The number of anilines is 3. The van der Waals surface area contributed by atoms with Gasteiger partial charge in [0.15, 0.2) is 0 Å². The Balaban J connectivity index is 1.60. The molecule has 4 rings (SSSR count). The quantitative estimate of drug-likeness (QED) is 0.310. The predicted octanol–water partition coefficient (Wildman–Crippen LogP) is 4.94. The Labute approximate surface area is 219 Å². The number of hydrazine groups is 1. The van der Waals surface area contributed by atoms with Crippen molar-refractivity contribution in [2.75, 3.05) is 28.3 Å². The van der Waals surface area contributed by atoms with Crippen LogP contribution in [0.5, 0.6) is 0 Å². The van der Waals surface area contributed by atoms with E-state index in [-0.39, 0.29) is 11.3 Å². The lowest BCUT2D eigenvalue weighted by Gasteiger charge is -2.29. The third-order valence-electron chi connectivity index (χ3n) is 6.80. The molecule has 1 aliphatic heterocycles. The molecule has 0 atom stereocenters. The number of nitrogens with two attached hydrogens (primary N) is 2. The summed E-state index contributed by atoms with van der Waals surface area (Å²) in [6, 6.07) is 8.56. The lowest BCUT2D eigenvalue weighted by Crippen LogP contribution is -2.29. The zero-order chi connectivity index (χ0) is 27.6. The van der Waals surface area contributed by atoms with Gasteiger partial charge in [-0.3, -0.25) is 14.5 Å². The molecule has 1 aromatic heterocycles.